The highest BCUT2D eigenvalue weighted by Crippen LogP contribution is 2.30. The number of sulfonamides is 1. The number of hydrogen-bond acceptors (Lipinski definition) is 5. The van der Waals surface area contributed by atoms with Crippen LogP contribution in [0.2, 0.25) is 0 Å². The quantitative estimate of drug-likeness (QED) is 0.756. The van der Waals surface area contributed by atoms with Crippen molar-refractivity contribution >= 4 is 15.7 Å². The molecule has 0 saturated carbocycles. The molecule has 0 bridgehead atoms. The average molecular weight is 364 g/mol. The lowest BCUT2D eigenvalue weighted by Crippen LogP contribution is -2.26. The minimum atomic E-state index is -3.63. The topological polar surface area (TPSA) is 59.1 Å². The summed E-state index contributed by atoms with van der Waals surface area (Å²) in [6.45, 7) is 0.282. The molecule has 0 fully saturated rings. The summed E-state index contributed by atoms with van der Waals surface area (Å²) < 4.78 is 37.3. The zero-order valence-electron chi connectivity index (χ0n) is 15.2. The molecule has 2 aromatic carbocycles. The number of hydrogen-bond donors (Lipinski definition) is 0. The maximum atomic E-state index is 12.8. The van der Waals surface area contributed by atoms with Crippen LogP contribution in [0.3, 0.4) is 0 Å². The van der Waals surface area contributed by atoms with Gasteiger partial charge in [-0.2, -0.15) is 4.31 Å². The molecule has 0 N–H and O–H groups in total. The minimum absolute atomic E-state index is 0.164. The number of rotatable bonds is 7. The fraction of sp³-hybridized carbons (Fsp3) is 0.333. The Bertz CT molecular complexity index is 817. The molecular formula is C18H24N2O4S. The zero-order valence-corrected chi connectivity index (χ0v) is 16.0. The van der Waals surface area contributed by atoms with E-state index in [1.54, 1.807) is 13.1 Å². The van der Waals surface area contributed by atoms with Crippen molar-refractivity contribution in [2.24, 2.45) is 0 Å². The van der Waals surface area contributed by atoms with Crippen molar-refractivity contribution in [1.29, 1.82) is 0 Å². The lowest BCUT2D eigenvalue weighted by atomic mass is 10.2. The molecule has 0 aliphatic rings. The van der Waals surface area contributed by atoms with Crippen LogP contribution in [0.15, 0.2) is 47.4 Å². The molecular weight excluding hydrogens is 340 g/mol. The first-order valence-electron chi connectivity index (χ1n) is 7.74. The van der Waals surface area contributed by atoms with Gasteiger partial charge in [0, 0.05) is 39.4 Å². The van der Waals surface area contributed by atoms with Gasteiger partial charge in [-0.1, -0.05) is 12.1 Å². The van der Waals surface area contributed by atoms with Crippen LogP contribution < -0.4 is 14.4 Å². The van der Waals surface area contributed by atoms with Gasteiger partial charge in [-0.3, -0.25) is 0 Å². The van der Waals surface area contributed by atoms with E-state index in [1.807, 2.05) is 43.3 Å². The van der Waals surface area contributed by atoms with E-state index < -0.39 is 10.0 Å². The zero-order chi connectivity index (χ0) is 18.6. The first-order valence-corrected chi connectivity index (χ1v) is 9.18. The van der Waals surface area contributed by atoms with Gasteiger partial charge in [0.05, 0.1) is 19.1 Å². The second-order valence-electron chi connectivity index (χ2n) is 5.84. The highest BCUT2D eigenvalue weighted by molar-refractivity contribution is 7.89. The molecule has 136 valence electrons. The van der Waals surface area contributed by atoms with E-state index in [9.17, 15) is 8.42 Å². The van der Waals surface area contributed by atoms with E-state index in [1.165, 1.54) is 30.7 Å². The van der Waals surface area contributed by atoms with Gasteiger partial charge in [0.15, 0.2) is 11.5 Å². The second-order valence-corrected chi connectivity index (χ2v) is 7.88. The van der Waals surface area contributed by atoms with Crippen molar-refractivity contribution in [2.75, 3.05) is 40.3 Å². The molecule has 0 spiro atoms. The maximum absolute atomic E-state index is 12.8. The Kier molecular flexibility index (Phi) is 5.92. The van der Waals surface area contributed by atoms with Gasteiger partial charge in [0.2, 0.25) is 10.0 Å². The van der Waals surface area contributed by atoms with Crippen LogP contribution in [0.5, 0.6) is 11.5 Å². The summed E-state index contributed by atoms with van der Waals surface area (Å²) in [4.78, 5) is 2.16. The first kappa shape index (κ1) is 19.1. The smallest absolute Gasteiger partial charge is 0.243 e. The number of methoxy groups -OCH3 is 2. The molecule has 0 aromatic heterocycles. The van der Waals surface area contributed by atoms with Crippen molar-refractivity contribution in [2.45, 2.75) is 11.4 Å². The lowest BCUT2D eigenvalue weighted by Gasteiger charge is -2.19. The highest BCUT2D eigenvalue weighted by Gasteiger charge is 2.22. The van der Waals surface area contributed by atoms with Crippen molar-refractivity contribution in [3.8, 4) is 11.5 Å². The Morgan fingerprint density at radius 1 is 0.880 bits per heavy atom. The van der Waals surface area contributed by atoms with E-state index in [0.717, 1.165) is 11.3 Å². The highest BCUT2D eigenvalue weighted by atomic mass is 32.2. The third kappa shape index (κ3) is 4.24. The summed E-state index contributed by atoms with van der Waals surface area (Å²) in [7, 11) is 4.84. The molecule has 7 heteroatoms. The van der Waals surface area contributed by atoms with Crippen molar-refractivity contribution < 1.29 is 17.9 Å². The van der Waals surface area contributed by atoms with Crippen LogP contribution in [0.1, 0.15) is 5.56 Å². The van der Waals surface area contributed by atoms with E-state index in [2.05, 4.69) is 0 Å². The normalized spacial score (nSPS) is 11.4. The summed E-state index contributed by atoms with van der Waals surface area (Å²) >= 11 is 0. The summed E-state index contributed by atoms with van der Waals surface area (Å²) in [5, 5.41) is 0. The molecule has 0 aliphatic carbocycles. The molecule has 2 aromatic rings. The molecule has 0 amide bonds. The molecule has 0 radical (unpaired) electrons. The van der Waals surface area contributed by atoms with E-state index in [0.29, 0.717) is 11.5 Å². The Hall–Kier alpha value is -2.25. The predicted molar refractivity (Wildman–Crippen MR) is 99.0 cm³/mol. The SMILES string of the molecule is COc1ccc(S(=O)(=O)N(C)Cc2ccc(N(C)C)cc2)cc1OC. The standard InChI is InChI=1S/C18H24N2O4S/c1-19(2)15-8-6-14(7-9-15)13-20(3)25(21,22)16-10-11-17(23-4)18(12-16)24-5/h6-12H,13H2,1-5H3. The Balaban J connectivity index is 2.23. The van der Waals surface area contributed by atoms with Crippen molar-refractivity contribution in [3.05, 3.63) is 48.0 Å². The molecule has 2 rings (SSSR count). The molecule has 0 aliphatic heterocycles. The molecule has 0 atom stereocenters. The average Bonchev–Trinajstić information content (AvgIpc) is 2.61. The van der Waals surface area contributed by atoms with Gasteiger partial charge >= 0.3 is 0 Å². The van der Waals surface area contributed by atoms with Gasteiger partial charge in [0.25, 0.3) is 0 Å². The van der Waals surface area contributed by atoms with Crippen molar-refractivity contribution in [1.82, 2.24) is 4.31 Å². The van der Waals surface area contributed by atoms with Gasteiger partial charge in [-0.05, 0) is 29.8 Å². The summed E-state index contributed by atoms with van der Waals surface area (Å²) in [6.07, 6.45) is 0. The fourth-order valence-electron chi connectivity index (χ4n) is 2.40. The summed E-state index contributed by atoms with van der Waals surface area (Å²) in [5.74, 6) is 0.871. The van der Waals surface area contributed by atoms with Gasteiger partial charge in [-0.15, -0.1) is 0 Å². The third-order valence-corrected chi connectivity index (χ3v) is 5.72. The van der Waals surface area contributed by atoms with E-state index in [4.69, 9.17) is 9.47 Å². The van der Waals surface area contributed by atoms with Crippen LogP contribution in [-0.2, 0) is 16.6 Å². The molecule has 25 heavy (non-hydrogen) atoms. The Morgan fingerprint density at radius 2 is 1.48 bits per heavy atom. The molecule has 0 unspecified atom stereocenters. The van der Waals surface area contributed by atoms with Crippen LogP contribution in [-0.4, -0.2) is 48.1 Å². The van der Waals surface area contributed by atoms with Crippen LogP contribution in [0.4, 0.5) is 5.69 Å². The number of ether oxygens (including phenoxy) is 2. The third-order valence-electron chi connectivity index (χ3n) is 3.92. The van der Waals surface area contributed by atoms with Gasteiger partial charge in [0.1, 0.15) is 0 Å². The monoisotopic (exact) mass is 364 g/mol. The number of nitrogens with zero attached hydrogens (tertiary/aromatic N) is 2. The molecule has 0 saturated heterocycles. The molecule has 6 nitrogen and oxygen atoms in total. The number of anilines is 1. The summed E-state index contributed by atoms with van der Waals surface area (Å²) in [6, 6.07) is 12.4. The van der Waals surface area contributed by atoms with E-state index >= 15 is 0 Å². The lowest BCUT2D eigenvalue weighted by molar-refractivity contribution is 0.353. The van der Waals surface area contributed by atoms with Crippen LogP contribution in [0, 0.1) is 0 Å². The number of benzene rings is 2. The Morgan fingerprint density at radius 3 is 2.00 bits per heavy atom. The van der Waals surface area contributed by atoms with Gasteiger partial charge in [-0.25, -0.2) is 8.42 Å². The van der Waals surface area contributed by atoms with Crippen LogP contribution >= 0.6 is 0 Å². The second kappa shape index (κ2) is 7.76. The largest absolute Gasteiger partial charge is 0.493 e. The Labute approximate surface area is 149 Å². The maximum Gasteiger partial charge on any atom is 0.243 e. The first-order chi connectivity index (χ1) is 11.8. The van der Waals surface area contributed by atoms with Gasteiger partial charge < -0.3 is 14.4 Å². The predicted octanol–water partition coefficient (Wildman–Crippen LogP) is 2.59. The van der Waals surface area contributed by atoms with Crippen LogP contribution in [0.25, 0.3) is 0 Å². The fourth-order valence-corrected chi connectivity index (χ4v) is 3.57. The summed E-state index contributed by atoms with van der Waals surface area (Å²) in [5.41, 5.74) is 1.98. The minimum Gasteiger partial charge on any atom is -0.493 e. The molecule has 0 heterocycles. The van der Waals surface area contributed by atoms with E-state index in [-0.39, 0.29) is 11.4 Å². The van der Waals surface area contributed by atoms with Crippen molar-refractivity contribution in [3.63, 3.8) is 0 Å².